The maximum Gasteiger partial charge on any atom is 0.337 e. The molecule has 0 aliphatic heterocycles. The van der Waals surface area contributed by atoms with Crippen molar-refractivity contribution in [2.45, 2.75) is 65.9 Å². The Labute approximate surface area is 148 Å². The number of hydrogen-bond donors (Lipinski definition) is 4. The van der Waals surface area contributed by atoms with Gasteiger partial charge in [0, 0.05) is 13.2 Å². The molecule has 0 aliphatic carbocycles. The molecule has 0 heterocycles. The van der Waals surface area contributed by atoms with Crippen molar-refractivity contribution < 1.29 is 39.5 Å². The Balaban J connectivity index is 0. The molecular formula is C17H32O8. The van der Waals surface area contributed by atoms with E-state index in [4.69, 9.17) is 20.1 Å². The molecule has 0 aromatic carbocycles. The van der Waals surface area contributed by atoms with Gasteiger partial charge in [-0.1, -0.05) is 26.7 Å². The minimum atomic E-state index is -2.88. The third-order valence-electron chi connectivity index (χ3n) is 4.10. The highest BCUT2D eigenvalue weighted by molar-refractivity contribution is 5.92. The van der Waals surface area contributed by atoms with Crippen molar-refractivity contribution in [2.75, 3.05) is 13.2 Å². The van der Waals surface area contributed by atoms with Gasteiger partial charge in [0.15, 0.2) is 5.60 Å². The second kappa shape index (κ2) is 11.8. The lowest BCUT2D eigenvalue weighted by Gasteiger charge is -2.38. The third kappa shape index (κ3) is 7.39. The zero-order valence-corrected chi connectivity index (χ0v) is 15.7. The molecule has 148 valence electrons. The standard InChI is InChI=1S/C9H14O7.C8H18O/c1-4(5(10)11)9(16,7(14)15)8(2,3)6(12)13;1-3-5-7-9-8-6-4-2/h4,16H,1-3H3,(H,10,11)(H,12,13)(H,14,15);3-8H2,1-2H3. The first kappa shape index (κ1) is 25.6. The Morgan fingerprint density at radius 3 is 1.56 bits per heavy atom. The lowest BCUT2D eigenvalue weighted by Crippen LogP contribution is -2.61. The maximum absolute atomic E-state index is 10.9. The van der Waals surface area contributed by atoms with E-state index in [0.29, 0.717) is 0 Å². The Kier molecular flexibility index (Phi) is 12.1. The van der Waals surface area contributed by atoms with E-state index in [-0.39, 0.29) is 0 Å². The summed E-state index contributed by atoms with van der Waals surface area (Å²) < 4.78 is 5.31. The van der Waals surface area contributed by atoms with Crippen molar-refractivity contribution in [1.82, 2.24) is 0 Å². The molecule has 2 atom stereocenters. The van der Waals surface area contributed by atoms with Gasteiger partial charge in [-0.05, 0) is 33.6 Å². The van der Waals surface area contributed by atoms with Crippen molar-refractivity contribution in [3.8, 4) is 0 Å². The van der Waals surface area contributed by atoms with Gasteiger partial charge in [0.2, 0.25) is 0 Å². The molecule has 0 saturated carbocycles. The van der Waals surface area contributed by atoms with E-state index in [1.165, 1.54) is 25.7 Å². The molecule has 2 unspecified atom stereocenters. The molecule has 0 spiro atoms. The highest BCUT2D eigenvalue weighted by atomic mass is 16.5. The minimum Gasteiger partial charge on any atom is -0.481 e. The summed E-state index contributed by atoms with van der Waals surface area (Å²) in [6.07, 6.45) is 4.91. The largest absolute Gasteiger partial charge is 0.481 e. The molecule has 0 rings (SSSR count). The second-order valence-corrected chi connectivity index (χ2v) is 6.38. The van der Waals surface area contributed by atoms with Crippen molar-refractivity contribution >= 4 is 17.9 Å². The molecule has 0 aliphatic rings. The quantitative estimate of drug-likeness (QED) is 0.409. The number of ether oxygens (including phenoxy) is 1. The van der Waals surface area contributed by atoms with Crippen LogP contribution >= 0.6 is 0 Å². The van der Waals surface area contributed by atoms with Crippen LogP contribution in [0.3, 0.4) is 0 Å². The van der Waals surface area contributed by atoms with Gasteiger partial charge in [0.1, 0.15) is 5.41 Å². The topological polar surface area (TPSA) is 141 Å². The number of aliphatic hydroxyl groups is 1. The average molecular weight is 364 g/mol. The molecule has 0 fully saturated rings. The molecule has 8 nitrogen and oxygen atoms in total. The molecule has 0 bridgehead atoms. The molecule has 0 aromatic heterocycles. The van der Waals surface area contributed by atoms with E-state index in [1.807, 2.05) is 0 Å². The first-order valence-electron chi connectivity index (χ1n) is 8.40. The second-order valence-electron chi connectivity index (χ2n) is 6.38. The molecular weight excluding hydrogens is 332 g/mol. The fourth-order valence-corrected chi connectivity index (χ4v) is 1.93. The van der Waals surface area contributed by atoms with E-state index >= 15 is 0 Å². The van der Waals surface area contributed by atoms with E-state index in [2.05, 4.69) is 13.8 Å². The lowest BCUT2D eigenvalue weighted by molar-refractivity contribution is -0.198. The number of carbonyl (C=O) groups is 3. The number of carboxylic acid groups (broad SMARTS) is 3. The SMILES string of the molecule is CC(C(=O)O)C(O)(C(=O)O)C(C)(C)C(=O)O.CCCCOCCCC. The fourth-order valence-electron chi connectivity index (χ4n) is 1.93. The van der Waals surface area contributed by atoms with Gasteiger partial charge in [-0.25, -0.2) is 4.79 Å². The summed E-state index contributed by atoms with van der Waals surface area (Å²) >= 11 is 0. The number of unbranched alkanes of at least 4 members (excludes halogenated alkanes) is 2. The Morgan fingerprint density at radius 2 is 1.32 bits per heavy atom. The summed E-state index contributed by atoms with van der Waals surface area (Å²) in [5.74, 6) is -6.81. The van der Waals surface area contributed by atoms with Crippen LogP contribution in [0.1, 0.15) is 60.3 Å². The summed E-state index contributed by atoms with van der Waals surface area (Å²) in [7, 11) is 0. The maximum atomic E-state index is 10.9. The zero-order chi connectivity index (χ0) is 20.3. The minimum absolute atomic E-state index is 0.946. The van der Waals surface area contributed by atoms with Gasteiger partial charge in [0.05, 0.1) is 5.92 Å². The first-order chi connectivity index (χ1) is 11.4. The Hall–Kier alpha value is -1.67. The third-order valence-corrected chi connectivity index (χ3v) is 4.10. The average Bonchev–Trinajstić information content (AvgIpc) is 2.53. The Bertz CT molecular complexity index is 426. The van der Waals surface area contributed by atoms with Crippen molar-refractivity contribution in [1.29, 1.82) is 0 Å². The molecule has 0 saturated heterocycles. The van der Waals surface area contributed by atoms with Gasteiger partial charge < -0.3 is 25.2 Å². The lowest BCUT2D eigenvalue weighted by atomic mass is 9.68. The van der Waals surface area contributed by atoms with Crippen LogP contribution in [-0.2, 0) is 19.1 Å². The van der Waals surface area contributed by atoms with Gasteiger partial charge in [-0.3, -0.25) is 9.59 Å². The van der Waals surface area contributed by atoms with E-state index in [0.717, 1.165) is 34.0 Å². The van der Waals surface area contributed by atoms with Gasteiger partial charge in [-0.2, -0.15) is 0 Å². The van der Waals surface area contributed by atoms with Crippen molar-refractivity contribution in [3.63, 3.8) is 0 Å². The zero-order valence-electron chi connectivity index (χ0n) is 15.7. The predicted molar refractivity (Wildman–Crippen MR) is 91.4 cm³/mol. The van der Waals surface area contributed by atoms with E-state index < -0.39 is 34.8 Å². The molecule has 8 heteroatoms. The van der Waals surface area contributed by atoms with Crippen molar-refractivity contribution in [2.24, 2.45) is 11.3 Å². The Morgan fingerprint density at radius 1 is 0.920 bits per heavy atom. The van der Waals surface area contributed by atoms with E-state index in [9.17, 15) is 19.5 Å². The summed E-state index contributed by atoms with van der Waals surface area (Å²) in [6.45, 7) is 9.15. The molecule has 0 aromatic rings. The molecule has 25 heavy (non-hydrogen) atoms. The van der Waals surface area contributed by atoms with Gasteiger partial charge in [0.25, 0.3) is 0 Å². The molecule has 4 N–H and O–H groups in total. The van der Waals surface area contributed by atoms with Crippen LogP contribution in [0.5, 0.6) is 0 Å². The highest BCUT2D eigenvalue weighted by Gasteiger charge is 2.60. The monoisotopic (exact) mass is 364 g/mol. The van der Waals surface area contributed by atoms with E-state index in [1.54, 1.807) is 0 Å². The smallest absolute Gasteiger partial charge is 0.337 e. The number of rotatable bonds is 11. The summed E-state index contributed by atoms with van der Waals surface area (Å²) in [6, 6.07) is 0. The number of hydrogen-bond acceptors (Lipinski definition) is 5. The van der Waals surface area contributed by atoms with Crippen LogP contribution < -0.4 is 0 Å². The van der Waals surface area contributed by atoms with Crippen LogP contribution in [0.15, 0.2) is 0 Å². The normalized spacial score (nSPS) is 14.6. The summed E-state index contributed by atoms with van der Waals surface area (Å²) in [5, 5.41) is 36.3. The summed E-state index contributed by atoms with van der Waals surface area (Å²) in [4.78, 5) is 32.5. The fraction of sp³-hybridized carbons (Fsp3) is 0.824. The number of carboxylic acids is 3. The first-order valence-corrected chi connectivity index (χ1v) is 8.40. The molecule has 0 radical (unpaired) electrons. The molecule has 0 amide bonds. The highest BCUT2D eigenvalue weighted by Crippen LogP contribution is 2.37. The van der Waals surface area contributed by atoms with Crippen LogP contribution in [0.2, 0.25) is 0 Å². The van der Waals surface area contributed by atoms with Crippen molar-refractivity contribution in [3.05, 3.63) is 0 Å². The number of aliphatic carboxylic acids is 3. The van der Waals surface area contributed by atoms with Crippen LogP contribution in [0.4, 0.5) is 0 Å². The van der Waals surface area contributed by atoms with Crippen LogP contribution in [0.25, 0.3) is 0 Å². The van der Waals surface area contributed by atoms with Crippen LogP contribution in [0, 0.1) is 11.3 Å². The predicted octanol–water partition coefficient (Wildman–Crippen LogP) is 2.24. The van der Waals surface area contributed by atoms with Crippen LogP contribution in [-0.4, -0.2) is 57.1 Å². The van der Waals surface area contributed by atoms with Gasteiger partial charge in [-0.15, -0.1) is 0 Å². The van der Waals surface area contributed by atoms with Gasteiger partial charge >= 0.3 is 17.9 Å². The summed E-state index contributed by atoms with van der Waals surface area (Å²) in [5.41, 5.74) is -5.01.